The minimum atomic E-state index is 0.143. The van der Waals surface area contributed by atoms with E-state index in [1.54, 1.807) is 12.4 Å². The van der Waals surface area contributed by atoms with Crippen LogP contribution in [0.5, 0.6) is 5.75 Å². The lowest BCUT2D eigenvalue weighted by molar-refractivity contribution is -0.137. The van der Waals surface area contributed by atoms with Crippen LogP contribution in [0, 0.1) is 23.2 Å². The minimum Gasteiger partial charge on any atom is -0.491 e. The predicted molar refractivity (Wildman–Crippen MR) is 122 cm³/mol. The van der Waals surface area contributed by atoms with Gasteiger partial charge in [-0.3, -0.25) is 9.78 Å². The van der Waals surface area contributed by atoms with Gasteiger partial charge in [-0.1, -0.05) is 19.8 Å². The molecule has 0 aliphatic heterocycles. The molecule has 4 aliphatic carbocycles. The highest BCUT2D eigenvalue weighted by Crippen LogP contribution is 2.61. The second-order valence-electron chi connectivity index (χ2n) is 10.3. The van der Waals surface area contributed by atoms with E-state index in [1.807, 2.05) is 12.1 Å². The molecule has 1 aromatic rings. The third-order valence-corrected chi connectivity index (χ3v) is 7.83. The number of ether oxygens (including phenoxy) is 2. The van der Waals surface area contributed by atoms with E-state index in [4.69, 9.17) is 9.47 Å². The lowest BCUT2D eigenvalue weighted by Crippen LogP contribution is -2.48. The minimum absolute atomic E-state index is 0.143. The van der Waals surface area contributed by atoms with E-state index < -0.39 is 0 Å². The summed E-state index contributed by atoms with van der Waals surface area (Å²) in [7, 11) is 0. The van der Waals surface area contributed by atoms with Crippen LogP contribution in [0.3, 0.4) is 0 Å². The van der Waals surface area contributed by atoms with Crippen molar-refractivity contribution >= 4 is 5.91 Å². The van der Waals surface area contributed by atoms with Gasteiger partial charge in [0, 0.05) is 25.5 Å². The summed E-state index contributed by atoms with van der Waals surface area (Å²) in [5, 5.41) is 0. The SMILES string of the molecule is CCCCCN(CCC12CC3CC(CC(C3)C1)C2)C(=O)COCCOc1ccncc1. The van der Waals surface area contributed by atoms with Crippen molar-refractivity contribution in [1.82, 2.24) is 9.88 Å². The summed E-state index contributed by atoms with van der Waals surface area (Å²) in [5.74, 6) is 3.84. The van der Waals surface area contributed by atoms with Crippen LogP contribution in [-0.4, -0.2) is 48.7 Å². The first kappa shape index (κ1) is 22.6. The van der Waals surface area contributed by atoms with Gasteiger partial charge < -0.3 is 14.4 Å². The summed E-state index contributed by atoms with van der Waals surface area (Å²) >= 11 is 0. The number of pyridine rings is 1. The standard InChI is InChI=1S/C26H40N2O3/c1-2-3-4-10-28(25(29)20-30-12-13-31-24-5-8-27-9-6-24)11-7-26-17-21-14-22(18-26)16-23(15-21)19-26/h5-6,8-9,21-23H,2-4,7,10-20H2,1H3. The van der Waals surface area contributed by atoms with Crippen molar-refractivity contribution in [2.24, 2.45) is 23.2 Å². The first-order chi connectivity index (χ1) is 15.2. The summed E-state index contributed by atoms with van der Waals surface area (Å²) in [5.41, 5.74) is 0.525. The first-order valence-electron chi connectivity index (χ1n) is 12.5. The van der Waals surface area contributed by atoms with E-state index in [2.05, 4.69) is 16.8 Å². The molecule has 0 saturated heterocycles. The fourth-order valence-corrected chi connectivity index (χ4v) is 6.79. The predicted octanol–water partition coefficient (Wildman–Crippen LogP) is 5.10. The van der Waals surface area contributed by atoms with Gasteiger partial charge in [0.2, 0.25) is 5.91 Å². The lowest BCUT2D eigenvalue weighted by Gasteiger charge is -2.57. The van der Waals surface area contributed by atoms with Crippen molar-refractivity contribution in [3.05, 3.63) is 24.5 Å². The van der Waals surface area contributed by atoms with E-state index >= 15 is 0 Å². The Labute approximate surface area is 187 Å². The van der Waals surface area contributed by atoms with E-state index in [0.717, 1.165) is 43.0 Å². The average molecular weight is 429 g/mol. The maximum Gasteiger partial charge on any atom is 0.248 e. The highest BCUT2D eigenvalue weighted by atomic mass is 16.5. The number of amides is 1. The zero-order valence-electron chi connectivity index (χ0n) is 19.3. The van der Waals surface area contributed by atoms with Crippen LogP contribution in [-0.2, 0) is 9.53 Å². The number of aromatic nitrogens is 1. The van der Waals surface area contributed by atoms with Gasteiger partial charge in [-0.25, -0.2) is 0 Å². The Morgan fingerprint density at radius 1 is 1.03 bits per heavy atom. The average Bonchev–Trinajstić information content (AvgIpc) is 2.75. The Kier molecular flexibility index (Phi) is 7.86. The van der Waals surface area contributed by atoms with Crippen LogP contribution in [0.25, 0.3) is 0 Å². The van der Waals surface area contributed by atoms with Crippen LogP contribution >= 0.6 is 0 Å². The Hall–Kier alpha value is -1.62. The molecule has 0 aromatic carbocycles. The maximum atomic E-state index is 12.9. The molecule has 0 atom stereocenters. The van der Waals surface area contributed by atoms with E-state index in [0.29, 0.717) is 18.6 Å². The summed E-state index contributed by atoms with van der Waals surface area (Å²) < 4.78 is 11.3. The van der Waals surface area contributed by atoms with Crippen LogP contribution < -0.4 is 4.74 Å². The number of carbonyl (C=O) groups is 1. The van der Waals surface area contributed by atoms with Gasteiger partial charge in [0.15, 0.2) is 0 Å². The molecule has 5 nitrogen and oxygen atoms in total. The van der Waals surface area contributed by atoms with E-state index in [9.17, 15) is 4.79 Å². The molecule has 5 heteroatoms. The number of nitrogens with zero attached hydrogens (tertiary/aromatic N) is 2. The number of rotatable bonds is 13. The number of hydrogen-bond donors (Lipinski definition) is 0. The molecular formula is C26H40N2O3. The Morgan fingerprint density at radius 3 is 2.35 bits per heavy atom. The first-order valence-corrected chi connectivity index (χ1v) is 12.5. The van der Waals surface area contributed by atoms with E-state index in [-0.39, 0.29) is 12.5 Å². The Morgan fingerprint density at radius 2 is 1.71 bits per heavy atom. The molecule has 0 radical (unpaired) electrons. The van der Waals surface area contributed by atoms with Gasteiger partial charge in [0.1, 0.15) is 19.0 Å². The second kappa shape index (κ2) is 10.8. The highest BCUT2D eigenvalue weighted by molar-refractivity contribution is 5.77. The number of unbranched alkanes of at least 4 members (excludes halogenated alkanes) is 2. The van der Waals surface area contributed by atoms with Crippen molar-refractivity contribution in [2.75, 3.05) is 32.9 Å². The third-order valence-electron chi connectivity index (χ3n) is 7.83. The van der Waals surface area contributed by atoms with Crippen LogP contribution in [0.2, 0.25) is 0 Å². The largest absolute Gasteiger partial charge is 0.491 e. The van der Waals surface area contributed by atoms with Gasteiger partial charge in [-0.2, -0.15) is 0 Å². The molecule has 1 amide bonds. The summed E-state index contributed by atoms with van der Waals surface area (Å²) in [6.07, 6.45) is 16.7. The normalized spacial score (nSPS) is 28.6. The molecule has 172 valence electrons. The smallest absolute Gasteiger partial charge is 0.248 e. The van der Waals surface area contributed by atoms with Gasteiger partial charge in [-0.15, -0.1) is 0 Å². The monoisotopic (exact) mass is 428 g/mol. The molecule has 1 aromatic heterocycles. The second-order valence-corrected chi connectivity index (χ2v) is 10.3. The molecule has 1 heterocycles. The van der Waals surface area contributed by atoms with Gasteiger partial charge in [-0.05, 0) is 86.7 Å². The van der Waals surface area contributed by atoms with Crippen molar-refractivity contribution in [3.8, 4) is 5.75 Å². The lowest BCUT2D eigenvalue weighted by atomic mass is 9.49. The fraction of sp³-hybridized carbons (Fsp3) is 0.769. The summed E-state index contributed by atoms with van der Waals surface area (Å²) in [6.45, 7) is 5.02. The molecule has 0 N–H and O–H groups in total. The van der Waals surface area contributed by atoms with Crippen LogP contribution in [0.15, 0.2) is 24.5 Å². The van der Waals surface area contributed by atoms with E-state index in [1.165, 1.54) is 57.8 Å². The highest BCUT2D eigenvalue weighted by Gasteiger charge is 2.50. The van der Waals surface area contributed by atoms with Crippen molar-refractivity contribution < 1.29 is 14.3 Å². The van der Waals surface area contributed by atoms with Gasteiger partial charge in [0.05, 0.1) is 6.61 Å². The van der Waals surface area contributed by atoms with Gasteiger partial charge >= 0.3 is 0 Å². The molecule has 4 aliphatic rings. The Balaban J connectivity index is 1.22. The number of carbonyl (C=O) groups excluding carboxylic acids is 1. The summed E-state index contributed by atoms with van der Waals surface area (Å²) in [6, 6.07) is 3.65. The molecule has 4 fully saturated rings. The molecule has 4 bridgehead atoms. The summed E-state index contributed by atoms with van der Waals surface area (Å²) in [4.78, 5) is 19.0. The third kappa shape index (κ3) is 6.21. The number of hydrogen-bond acceptors (Lipinski definition) is 4. The zero-order chi connectivity index (χ0) is 21.5. The van der Waals surface area contributed by atoms with Crippen molar-refractivity contribution in [3.63, 3.8) is 0 Å². The fourth-order valence-electron chi connectivity index (χ4n) is 6.79. The Bertz CT molecular complexity index is 658. The molecular weight excluding hydrogens is 388 g/mol. The van der Waals surface area contributed by atoms with Crippen molar-refractivity contribution in [1.29, 1.82) is 0 Å². The molecule has 4 saturated carbocycles. The van der Waals surface area contributed by atoms with Crippen LogP contribution in [0.4, 0.5) is 0 Å². The molecule has 31 heavy (non-hydrogen) atoms. The zero-order valence-corrected chi connectivity index (χ0v) is 19.3. The van der Waals surface area contributed by atoms with Crippen LogP contribution in [0.1, 0.15) is 71.1 Å². The van der Waals surface area contributed by atoms with Gasteiger partial charge in [0.25, 0.3) is 0 Å². The quantitative estimate of drug-likeness (QED) is 0.410. The maximum absolute atomic E-state index is 12.9. The topological polar surface area (TPSA) is 51.7 Å². The molecule has 0 unspecified atom stereocenters. The van der Waals surface area contributed by atoms with Crippen molar-refractivity contribution in [2.45, 2.75) is 71.1 Å². The molecule has 5 rings (SSSR count). The molecule has 0 spiro atoms.